The second-order valence-corrected chi connectivity index (χ2v) is 7.96. The molecule has 0 spiro atoms. The van der Waals surface area contributed by atoms with Crippen molar-refractivity contribution >= 4 is 41.0 Å². The number of nitrogens with one attached hydrogen (secondary N) is 1. The summed E-state index contributed by atoms with van der Waals surface area (Å²) in [5.74, 6) is 0.166. The molecule has 3 aromatic carbocycles. The highest BCUT2D eigenvalue weighted by Gasteiger charge is 2.16. The third-order valence-corrected chi connectivity index (χ3v) is 5.55. The first kappa shape index (κ1) is 23.8. The zero-order valence-corrected chi connectivity index (χ0v) is 19.7. The maximum absolute atomic E-state index is 12.6. The van der Waals surface area contributed by atoms with E-state index in [4.69, 9.17) is 18.6 Å². The Hall–Kier alpha value is -4.31. The van der Waals surface area contributed by atoms with Gasteiger partial charge >= 0.3 is 5.97 Å². The number of aromatic nitrogens is 1. The minimum Gasteiger partial charge on any atom is -0.496 e. The minimum atomic E-state index is -0.578. The fourth-order valence-corrected chi connectivity index (χ4v) is 3.70. The summed E-state index contributed by atoms with van der Waals surface area (Å²) in [6.45, 7) is 0. The summed E-state index contributed by atoms with van der Waals surface area (Å²) >= 11 is 1.17. The van der Waals surface area contributed by atoms with Gasteiger partial charge in [0.1, 0.15) is 16.8 Å². The zero-order valence-electron chi connectivity index (χ0n) is 18.9. The van der Waals surface area contributed by atoms with Crippen molar-refractivity contribution in [3.63, 3.8) is 0 Å². The van der Waals surface area contributed by atoms with E-state index >= 15 is 0 Å². The van der Waals surface area contributed by atoms with Gasteiger partial charge < -0.3 is 18.6 Å². The molecule has 0 saturated heterocycles. The van der Waals surface area contributed by atoms with E-state index in [0.29, 0.717) is 33.4 Å². The summed E-state index contributed by atoms with van der Waals surface area (Å²) < 4.78 is 21.6. The molecule has 0 fully saturated rings. The van der Waals surface area contributed by atoms with Gasteiger partial charge in [-0.15, -0.1) is 0 Å². The van der Waals surface area contributed by atoms with E-state index in [0.717, 1.165) is 5.52 Å². The third-order valence-electron chi connectivity index (χ3n) is 4.72. The number of amides is 1. The van der Waals surface area contributed by atoms with Crippen molar-refractivity contribution in [1.82, 2.24) is 10.4 Å². The van der Waals surface area contributed by atoms with E-state index in [1.54, 1.807) is 42.5 Å². The summed E-state index contributed by atoms with van der Waals surface area (Å²) in [5.41, 5.74) is 4.78. The van der Waals surface area contributed by atoms with Crippen molar-refractivity contribution in [2.45, 2.75) is 5.22 Å². The van der Waals surface area contributed by atoms with Crippen molar-refractivity contribution in [3.05, 3.63) is 77.9 Å². The smallest absolute Gasteiger partial charge is 0.347 e. The monoisotopic (exact) mass is 491 g/mol. The molecule has 1 heterocycles. The number of oxazole rings is 1. The first-order valence-corrected chi connectivity index (χ1v) is 11.4. The SMILES string of the molecule is COc1cc(C=NNC(=O)CSc2nc3ccccc3o2)ccc1OC(=O)c1ccccc1OC. The average molecular weight is 492 g/mol. The molecule has 0 radical (unpaired) electrons. The average Bonchev–Trinajstić information content (AvgIpc) is 3.31. The fourth-order valence-electron chi connectivity index (χ4n) is 3.07. The molecular weight excluding hydrogens is 470 g/mol. The van der Waals surface area contributed by atoms with Crippen LogP contribution < -0.4 is 19.6 Å². The van der Waals surface area contributed by atoms with Gasteiger partial charge in [0, 0.05) is 0 Å². The summed E-state index contributed by atoms with van der Waals surface area (Å²) in [6.07, 6.45) is 1.45. The van der Waals surface area contributed by atoms with Crippen LogP contribution in [0.25, 0.3) is 11.1 Å². The summed E-state index contributed by atoms with van der Waals surface area (Å²) in [6, 6.07) is 19.0. The number of carbonyl (C=O) groups excluding carboxylic acids is 2. The quantitative estimate of drug-likeness (QED) is 0.121. The Morgan fingerprint density at radius 1 is 1.00 bits per heavy atom. The van der Waals surface area contributed by atoms with Crippen LogP contribution in [0, 0.1) is 0 Å². The Balaban J connectivity index is 1.33. The van der Waals surface area contributed by atoms with Crippen molar-refractivity contribution in [1.29, 1.82) is 0 Å². The largest absolute Gasteiger partial charge is 0.496 e. The molecule has 0 aliphatic rings. The Morgan fingerprint density at radius 3 is 2.57 bits per heavy atom. The van der Waals surface area contributed by atoms with Gasteiger partial charge in [0.25, 0.3) is 11.1 Å². The maximum atomic E-state index is 12.6. The van der Waals surface area contributed by atoms with Gasteiger partial charge in [-0.25, -0.2) is 15.2 Å². The Labute approximate surface area is 205 Å². The molecule has 0 aliphatic carbocycles. The highest BCUT2D eigenvalue weighted by Crippen LogP contribution is 2.29. The van der Waals surface area contributed by atoms with Crippen molar-refractivity contribution in [3.8, 4) is 17.2 Å². The van der Waals surface area contributed by atoms with E-state index in [1.165, 1.54) is 32.2 Å². The van der Waals surface area contributed by atoms with E-state index in [1.807, 2.05) is 24.3 Å². The van der Waals surface area contributed by atoms with Gasteiger partial charge in [-0.05, 0) is 48.0 Å². The second-order valence-electron chi connectivity index (χ2n) is 7.03. The zero-order chi connectivity index (χ0) is 24.6. The first-order chi connectivity index (χ1) is 17.1. The molecule has 0 bridgehead atoms. The number of nitrogens with zero attached hydrogens (tertiary/aromatic N) is 2. The molecule has 10 heteroatoms. The first-order valence-electron chi connectivity index (χ1n) is 10.4. The maximum Gasteiger partial charge on any atom is 0.347 e. The van der Waals surface area contributed by atoms with Crippen LogP contribution in [0.2, 0.25) is 0 Å². The topological polar surface area (TPSA) is 112 Å². The van der Waals surface area contributed by atoms with Crippen LogP contribution in [0.5, 0.6) is 17.2 Å². The normalized spacial score (nSPS) is 10.9. The van der Waals surface area contributed by atoms with Crippen LogP contribution in [0.1, 0.15) is 15.9 Å². The second kappa shape index (κ2) is 11.2. The number of hydrogen-bond donors (Lipinski definition) is 1. The lowest BCUT2D eigenvalue weighted by molar-refractivity contribution is -0.118. The fraction of sp³-hybridized carbons (Fsp3) is 0.120. The number of benzene rings is 3. The highest BCUT2D eigenvalue weighted by atomic mass is 32.2. The number of rotatable bonds is 9. The predicted molar refractivity (Wildman–Crippen MR) is 131 cm³/mol. The number of thioether (sulfide) groups is 1. The molecule has 4 rings (SSSR count). The molecule has 0 saturated carbocycles. The lowest BCUT2D eigenvalue weighted by Gasteiger charge is -2.11. The lowest BCUT2D eigenvalue weighted by Crippen LogP contribution is -2.19. The van der Waals surface area contributed by atoms with Crippen molar-refractivity contribution in [2.75, 3.05) is 20.0 Å². The van der Waals surface area contributed by atoms with Gasteiger partial charge in [0.05, 0.1) is 26.2 Å². The molecule has 0 atom stereocenters. The molecule has 0 aliphatic heterocycles. The van der Waals surface area contributed by atoms with Crippen LogP contribution in [0.3, 0.4) is 0 Å². The van der Waals surface area contributed by atoms with Gasteiger partial charge in [0.15, 0.2) is 17.1 Å². The van der Waals surface area contributed by atoms with Gasteiger partial charge in [-0.2, -0.15) is 5.10 Å². The number of ether oxygens (including phenoxy) is 3. The molecule has 1 amide bonds. The van der Waals surface area contributed by atoms with Crippen molar-refractivity contribution < 1.29 is 28.2 Å². The van der Waals surface area contributed by atoms with Gasteiger partial charge in [-0.1, -0.05) is 36.0 Å². The number of esters is 1. The molecule has 178 valence electrons. The summed E-state index contributed by atoms with van der Waals surface area (Å²) in [4.78, 5) is 29.0. The summed E-state index contributed by atoms with van der Waals surface area (Å²) in [5, 5.41) is 4.37. The number of carbonyl (C=O) groups is 2. The van der Waals surface area contributed by atoms with Crippen LogP contribution in [-0.2, 0) is 4.79 Å². The number of hydrazone groups is 1. The van der Waals surface area contributed by atoms with E-state index in [9.17, 15) is 9.59 Å². The molecule has 9 nitrogen and oxygen atoms in total. The number of hydrogen-bond acceptors (Lipinski definition) is 9. The lowest BCUT2D eigenvalue weighted by atomic mass is 10.2. The molecular formula is C25H21N3O6S. The molecule has 1 N–H and O–H groups in total. The summed E-state index contributed by atoms with van der Waals surface area (Å²) in [7, 11) is 2.94. The standard InChI is InChI=1S/C25H21N3O6S/c1-31-19-9-5-3-7-17(19)24(30)33-21-12-11-16(13-22(21)32-2)14-26-28-23(29)15-35-25-27-18-8-4-6-10-20(18)34-25/h3-14H,15H2,1-2H3,(H,28,29). The molecule has 4 aromatic rings. The minimum absolute atomic E-state index is 0.0886. The van der Waals surface area contributed by atoms with Crippen LogP contribution in [0.4, 0.5) is 0 Å². The predicted octanol–water partition coefficient (Wildman–Crippen LogP) is 4.31. The van der Waals surface area contributed by atoms with E-state index < -0.39 is 5.97 Å². The number of fused-ring (bicyclic) bond motifs is 1. The van der Waals surface area contributed by atoms with E-state index in [2.05, 4.69) is 15.5 Å². The Morgan fingerprint density at radius 2 is 1.77 bits per heavy atom. The van der Waals surface area contributed by atoms with Crippen LogP contribution >= 0.6 is 11.8 Å². The Kier molecular flexibility index (Phi) is 7.63. The van der Waals surface area contributed by atoms with Crippen LogP contribution in [-0.4, -0.2) is 43.0 Å². The Bertz CT molecular complexity index is 1350. The number of para-hydroxylation sites is 3. The third kappa shape index (κ3) is 5.98. The highest BCUT2D eigenvalue weighted by molar-refractivity contribution is 7.99. The van der Waals surface area contributed by atoms with Gasteiger partial charge in [-0.3, -0.25) is 4.79 Å². The number of methoxy groups -OCH3 is 2. The molecule has 0 unspecified atom stereocenters. The van der Waals surface area contributed by atoms with Gasteiger partial charge in [0.2, 0.25) is 0 Å². The molecule has 35 heavy (non-hydrogen) atoms. The van der Waals surface area contributed by atoms with Crippen molar-refractivity contribution in [2.24, 2.45) is 5.10 Å². The van der Waals surface area contributed by atoms with Crippen LogP contribution in [0.15, 0.2) is 81.5 Å². The van der Waals surface area contributed by atoms with E-state index in [-0.39, 0.29) is 17.4 Å². The molecule has 1 aromatic heterocycles.